The second-order valence-electron chi connectivity index (χ2n) is 4.04. The topological polar surface area (TPSA) is 81.4 Å². The molecule has 5 nitrogen and oxygen atoms in total. The zero-order valence-corrected chi connectivity index (χ0v) is 9.16. The number of carbonyl (C=O) groups is 2. The molecule has 0 aromatic heterocycles. The van der Waals surface area contributed by atoms with Crippen LogP contribution >= 0.6 is 0 Å². The molecule has 0 saturated carbocycles. The average Bonchev–Trinajstić information content (AvgIpc) is 1.98. The summed E-state index contributed by atoms with van der Waals surface area (Å²) in [7, 11) is 0. The quantitative estimate of drug-likeness (QED) is 0.664. The molecule has 5 heteroatoms. The lowest BCUT2D eigenvalue weighted by atomic mass is 10.2. The van der Waals surface area contributed by atoms with Crippen LogP contribution in [-0.2, 0) is 9.53 Å². The molecule has 2 amide bonds. The first-order valence-electron chi connectivity index (χ1n) is 4.48. The number of carbonyl (C=O) groups excluding carboxylic acids is 2. The Bertz CT molecular complexity index is 286. The average molecular weight is 212 g/mol. The number of primary amides is 1. The van der Waals surface area contributed by atoms with Crippen LogP contribution in [-0.4, -0.2) is 23.6 Å². The number of alkyl carbamates (subject to hydrolysis) is 1. The Morgan fingerprint density at radius 3 is 2.40 bits per heavy atom. The summed E-state index contributed by atoms with van der Waals surface area (Å²) in [4.78, 5) is 21.8. The molecule has 1 atom stereocenters. The largest absolute Gasteiger partial charge is 0.444 e. The Hall–Kier alpha value is -1.70. The van der Waals surface area contributed by atoms with E-state index < -0.39 is 23.6 Å². The third-order valence-electron chi connectivity index (χ3n) is 1.30. The number of amides is 2. The summed E-state index contributed by atoms with van der Waals surface area (Å²) >= 11 is 0. The fraction of sp³-hybridized carbons (Fsp3) is 0.600. The van der Waals surface area contributed by atoms with Crippen LogP contribution in [0.3, 0.4) is 0 Å². The van der Waals surface area contributed by atoms with Gasteiger partial charge >= 0.3 is 6.09 Å². The van der Waals surface area contributed by atoms with E-state index in [1.54, 1.807) is 20.8 Å². The van der Waals surface area contributed by atoms with E-state index in [0.29, 0.717) is 0 Å². The van der Waals surface area contributed by atoms with E-state index in [-0.39, 0.29) is 6.42 Å². The fourth-order valence-corrected chi connectivity index (χ4v) is 0.803. The molecule has 0 radical (unpaired) electrons. The number of ether oxygens (including phenoxy) is 1. The summed E-state index contributed by atoms with van der Waals surface area (Å²) in [6.07, 6.45) is 4.34. The second-order valence-corrected chi connectivity index (χ2v) is 4.04. The van der Waals surface area contributed by atoms with Crippen molar-refractivity contribution in [2.75, 3.05) is 0 Å². The molecule has 0 bridgehead atoms. The van der Waals surface area contributed by atoms with Crippen molar-refractivity contribution in [3.63, 3.8) is 0 Å². The zero-order valence-electron chi connectivity index (χ0n) is 9.16. The van der Waals surface area contributed by atoms with Gasteiger partial charge in [0, 0.05) is 0 Å². The van der Waals surface area contributed by atoms with Gasteiger partial charge in [-0.15, -0.1) is 6.42 Å². The highest BCUT2D eigenvalue weighted by Gasteiger charge is 2.19. The smallest absolute Gasteiger partial charge is 0.408 e. The van der Waals surface area contributed by atoms with Crippen molar-refractivity contribution in [2.24, 2.45) is 5.73 Å². The predicted octanol–water partition coefficient (Wildman–Crippen LogP) is 0.388. The molecule has 84 valence electrons. The lowest BCUT2D eigenvalue weighted by Gasteiger charge is -2.21. The molecule has 0 aliphatic rings. The highest BCUT2D eigenvalue weighted by atomic mass is 16.6. The van der Waals surface area contributed by atoms with Crippen molar-refractivity contribution in [2.45, 2.75) is 38.8 Å². The van der Waals surface area contributed by atoms with Gasteiger partial charge in [-0.1, -0.05) is 5.92 Å². The van der Waals surface area contributed by atoms with Gasteiger partial charge in [-0.25, -0.2) is 4.79 Å². The molecule has 1 unspecified atom stereocenters. The minimum Gasteiger partial charge on any atom is -0.444 e. The standard InChI is InChI=1S/C10H16N2O3/c1-5-7(6-8(11)13)12-9(14)15-10(2,3)4/h1,7H,6H2,2-4H3,(H2,11,13)(H,12,14). The normalized spacial score (nSPS) is 12.4. The molecule has 0 rings (SSSR count). The van der Waals surface area contributed by atoms with Crippen LogP contribution in [0.5, 0.6) is 0 Å². The summed E-state index contributed by atoms with van der Waals surface area (Å²) < 4.78 is 4.95. The first-order chi connectivity index (χ1) is 6.74. The van der Waals surface area contributed by atoms with Crippen molar-refractivity contribution in [1.29, 1.82) is 0 Å². The van der Waals surface area contributed by atoms with Gasteiger partial charge in [0.05, 0.1) is 6.42 Å². The molecule has 0 aliphatic heterocycles. The van der Waals surface area contributed by atoms with Crippen LogP contribution in [0.15, 0.2) is 0 Å². The van der Waals surface area contributed by atoms with Gasteiger partial charge in [0.2, 0.25) is 5.91 Å². The second kappa shape index (κ2) is 5.25. The van der Waals surface area contributed by atoms with Crippen molar-refractivity contribution in [3.05, 3.63) is 0 Å². The summed E-state index contributed by atoms with van der Waals surface area (Å²) in [5.74, 6) is 1.66. The maximum atomic E-state index is 11.2. The first-order valence-corrected chi connectivity index (χ1v) is 4.48. The molecule has 3 N–H and O–H groups in total. The zero-order chi connectivity index (χ0) is 12.1. The highest BCUT2D eigenvalue weighted by Crippen LogP contribution is 2.06. The van der Waals surface area contributed by atoms with Crippen LogP contribution < -0.4 is 11.1 Å². The van der Waals surface area contributed by atoms with Gasteiger partial charge in [-0.3, -0.25) is 4.79 Å². The molecule has 0 heterocycles. The van der Waals surface area contributed by atoms with Gasteiger partial charge in [0.25, 0.3) is 0 Å². The van der Waals surface area contributed by atoms with Crippen LogP contribution in [0, 0.1) is 12.3 Å². The molecular formula is C10H16N2O3. The number of terminal acetylenes is 1. The maximum Gasteiger partial charge on any atom is 0.408 e. The lowest BCUT2D eigenvalue weighted by molar-refractivity contribution is -0.118. The Morgan fingerprint density at radius 2 is 2.07 bits per heavy atom. The van der Waals surface area contributed by atoms with Gasteiger partial charge in [-0.05, 0) is 20.8 Å². The van der Waals surface area contributed by atoms with Crippen LogP contribution in [0.1, 0.15) is 27.2 Å². The number of hydrogen-bond acceptors (Lipinski definition) is 3. The van der Waals surface area contributed by atoms with Gasteiger partial charge in [0.15, 0.2) is 0 Å². The highest BCUT2D eigenvalue weighted by molar-refractivity contribution is 5.76. The van der Waals surface area contributed by atoms with E-state index in [1.165, 1.54) is 0 Å². The van der Waals surface area contributed by atoms with Gasteiger partial charge in [-0.2, -0.15) is 0 Å². The Morgan fingerprint density at radius 1 is 1.53 bits per heavy atom. The number of hydrogen-bond donors (Lipinski definition) is 2. The van der Waals surface area contributed by atoms with Crippen LogP contribution in [0.2, 0.25) is 0 Å². The minimum absolute atomic E-state index is 0.101. The third kappa shape index (κ3) is 7.38. The molecule has 0 saturated heterocycles. The molecule has 0 fully saturated rings. The Balaban J connectivity index is 4.15. The summed E-state index contributed by atoms with van der Waals surface area (Å²) in [5, 5.41) is 2.36. The Labute approximate surface area is 89.3 Å². The first kappa shape index (κ1) is 13.3. The van der Waals surface area contributed by atoms with Crippen LogP contribution in [0.25, 0.3) is 0 Å². The molecule has 15 heavy (non-hydrogen) atoms. The van der Waals surface area contributed by atoms with Crippen molar-refractivity contribution < 1.29 is 14.3 Å². The van der Waals surface area contributed by atoms with Gasteiger partial charge < -0.3 is 15.8 Å². The minimum atomic E-state index is -0.725. The number of nitrogens with two attached hydrogens (primary N) is 1. The van der Waals surface area contributed by atoms with Crippen molar-refractivity contribution in [1.82, 2.24) is 5.32 Å². The van der Waals surface area contributed by atoms with E-state index >= 15 is 0 Å². The molecule has 0 aliphatic carbocycles. The van der Waals surface area contributed by atoms with E-state index in [9.17, 15) is 9.59 Å². The third-order valence-corrected chi connectivity index (χ3v) is 1.30. The van der Waals surface area contributed by atoms with E-state index in [0.717, 1.165) is 0 Å². The SMILES string of the molecule is C#CC(CC(N)=O)NC(=O)OC(C)(C)C. The molecule has 0 aromatic rings. The van der Waals surface area contributed by atoms with Crippen LogP contribution in [0.4, 0.5) is 4.79 Å². The summed E-state index contributed by atoms with van der Waals surface area (Å²) in [6, 6.07) is -0.725. The van der Waals surface area contributed by atoms with Gasteiger partial charge in [0.1, 0.15) is 11.6 Å². The van der Waals surface area contributed by atoms with E-state index in [4.69, 9.17) is 16.9 Å². The molecule has 0 spiro atoms. The fourth-order valence-electron chi connectivity index (χ4n) is 0.803. The molecule has 0 aromatic carbocycles. The predicted molar refractivity (Wildman–Crippen MR) is 55.8 cm³/mol. The summed E-state index contributed by atoms with van der Waals surface area (Å²) in [5.41, 5.74) is 4.34. The number of nitrogens with one attached hydrogen (secondary N) is 1. The molecular weight excluding hydrogens is 196 g/mol. The maximum absolute atomic E-state index is 11.2. The van der Waals surface area contributed by atoms with Crippen molar-refractivity contribution in [3.8, 4) is 12.3 Å². The summed E-state index contributed by atoms with van der Waals surface area (Å²) in [6.45, 7) is 5.18. The lowest BCUT2D eigenvalue weighted by Crippen LogP contribution is -2.40. The monoisotopic (exact) mass is 212 g/mol. The Kier molecular flexibility index (Phi) is 4.65. The van der Waals surface area contributed by atoms with E-state index in [1.807, 2.05) is 0 Å². The van der Waals surface area contributed by atoms with E-state index in [2.05, 4.69) is 11.2 Å². The number of rotatable bonds is 3. The van der Waals surface area contributed by atoms with Crippen molar-refractivity contribution >= 4 is 12.0 Å².